The van der Waals surface area contributed by atoms with Crippen molar-refractivity contribution in [1.29, 1.82) is 5.26 Å². The molecule has 1 aromatic carbocycles. The number of rotatable bonds is 6. The van der Waals surface area contributed by atoms with Gasteiger partial charge in [0.05, 0.1) is 18.3 Å². The fraction of sp³-hybridized carbons (Fsp3) is 0.389. The predicted octanol–water partition coefficient (Wildman–Crippen LogP) is 4.75. The molecular weight excluding hydrogens is 320 g/mol. The third-order valence-electron chi connectivity index (χ3n) is 3.53. The molecule has 0 aliphatic rings. The lowest BCUT2D eigenvalue weighted by atomic mass is 10.1. The highest BCUT2D eigenvalue weighted by atomic mass is 32.2. The van der Waals surface area contributed by atoms with E-state index in [-0.39, 0.29) is 5.92 Å². The molecule has 24 heavy (non-hydrogen) atoms. The van der Waals surface area contributed by atoms with Gasteiger partial charge in [0, 0.05) is 24.1 Å². The van der Waals surface area contributed by atoms with Gasteiger partial charge in [-0.15, -0.1) is 0 Å². The Balaban J connectivity index is 2.53. The van der Waals surface area contributed by atoms with Gasteiger partial charge in [-0.25, -0.2) is 9.83 Å². The summed E-state index contributed by atoms with van der Waals surface area (Å²) in [5.41, 5.74) is 1.99. The van der Waals surface area contributed by atoms with Crippen LogP contribution in [0.15, 0.2) is 28.1 Å². The van der Waals surface area contributed by atoms with Crippen LogP contribution in [0.25, 0.3) is 4.85 Å². The van der Waals surface area contributed by atoms with Crippen molar-refractivity contribution < 1.29 is 4.74 Å². The highest BCUT2D eigenvalue weighted by molar-refractivity contribution is 7.99. The molecule has 0 fully saturated rings. The molecule has 0 N–H and O–H groups in total. The zero-order valence-corrected chi connectivity index (χ0v) is 15.1. The predicted molar refractivity (Wildman–Crippen MR) is 94.2 cm³/mol. The van der Waals surface area contributed by atoms with Gasteiger partial charge in [-0.3, -0.25) is 0 Å². The lowest BCUT2D eigenvalue weighted by molar-refractivity contribution is 0.173. The second-order valence-corrected chi connectivity index (χ2v) is 6.65. The Morgan fingerprint density at radius 1 is 1.42 bits per heavy atom. The maximum Gasteiger partial charge on any atom is 0.189 e. The lowest BCUT2D eigenvalue weighted by Crippen LogP contribution is -2.04. The van der Waals surface area contributed by atoms with E-state index in [1.54, 1.807) is 24.9 Å². The first kappa shape index (κ1) is 18.1. The molecule has 2 aromatic rings. The maximum atomic E-state index is 9.17. The molecule has 0 bridgehead atoms. The molecular formula is C18H20N4OS. The summed E-state index contributed by atoms with van der Waals surface area (Å²) in [6.45, 7) is 14.8. The number of ether oxygens (including phenoxy) is 1. The van der Waals surface area contributed by atoms with Gasteiger partial charge in [0.2, 0.25) is 0 Å². The molecule has 0 amide bonds. The Kier molecular flexibility index (Phi) is 6.03. The fourth-order valence-corrected chi connectivity index (χ4v) is 3.75. The van der Waals surface area contributed by atoms with E-state index >= 15 is 0 Å². The number of benzene rings is 1. The zero-order valence-electron chi connectivity index (χ0n) is 14.3. The number of methoxy groups -OCH3 is 1. The molecule has 0 atom stereocenters. The summed E-state index contributed by atoms with van der Waals surface area (Å²) in [6.07, 6.45) is 0. The third-order valence-corrected chi connectivity index (χ3v) is 4.62. The molecule has 0 aliphatic carbocycles. The molecule has 0 spiro atoms. The van der Waals surface area contributed by atoms with E-state index in [1.165, 1.54) is 0 Å². The highest BCUT2D eigenvalue weighted by Gasteiger charge is 2.20. The first-order chi connectivity index (χ1) is 11.5. The minimum absolute atomic E-state index is 0.274. The van der Waals surface area contributed by atoms with Gasteiger partial charge in [0.1, 0.15) is 17.5 Å². The van der Waals surface area contributed by atoms with Crippen molar-refractivity contribution in [2.45, 2.75) is 49.8 Å². The fourth-order valence-electron chi connectivity index (χ4n) is 2.43. The molecule has 0 unspecified atom stereocenters. The molecule has 5 nitrogen and oxygen atoms in total. The Morgan fingerprint density at radius 2 is 2.17 bits per heavy atom. The molecule has 124 valence electrons. The van der Waals surface area contributed by atoms with Gasteiger partial charge in [-0.1, -0.05) is 25.6 Å². The topological polar surface area (TPSA) is 55.2 Å². The average Bonchev–Trinajstić information content (AvgIpc) is 2.92. The number of nitrogens with zero attached hydrogens (tertiary/aromatic N) is 4. The summed E-state index contributed by atoms with van der Waals surface area (Å²) in [5, 5.41) is 10.2. The van der Waals surface area contributed by atoms with Crippen molar-refractivity contribution in [3.8, 4) is 6.07 Å². The Labute approximate surface area is 147 Å². The largest absolute Gasteiger partial charge is 0.377 e. The van der Waals surface area contributed by atoms with Gasteiger partial charge in [-0.05, 0) is 31.0 Å². The van der Waals surface area contributed by atoms with E-state index in [0.29, 0.717) is 17.9 Å². The van der Waals surface area contributed by atoms with Crippen LogP contribution in [0, 0.1) is 17.9 Å². The van der Waals surface area contributed by atoms with Gasteiger partial charge >= 0.3 is 0 Å². The van der Waals surface area contributed by atoms with E-state index in [0.717, 1.165) is 28.0 Å². The van der Waals surface area contributed by atoms with Crippen molar-refractivity contribution in [1.82, 2.24) is 9.55 Å². The number of hydrogen-bond donors (Lipinski definition) is 0. The number of nitriles is 1. The van der Waals surface area contributed by atoms with Crippen LogP contribution in [0.4, 0.5) is 5.69 Å². The summed E-state index contributed by atoms with van der Waals surface area (Å²) < 4.78 is 7.41. The van der Waals surface area contributed by atoms with Crippen molar-refractivity contribution in [3.63, 3.8) is 0 Å². The van der Waals surface area contributed by atoms with Gasteiger partial charge in [0.25, 0.3) is 0 Å². The van der Waals surface area contributed by atoms with Crippen LogP contribution in [-0.2, 0) is 17.9 Å². The molecule has 1 heterocycles. The molecule has 2 rings (SSSR count). The van der Waals surface area contributed by atoms with E-state index in [9.17, 15) is 0 Å². The Morgan fingerprint density at radius 3 is 2.71 bits per heavy atom. The number of hydrogen-bond acceptors (Lipinski definition) is 4. The first-order valence-corrected chi connectivity index (χ1v) is 8.54. The quantitative estimate of drug-likeness (QED) is 0.712. The van der Waals surface area contributed by atoms with Crippen molar-refractivity contribution >= 4 is 17.4 Å². The van der Waals surface area contributed by atoms with Gasteiger partial charge in [0.15, 0.2) is 5.69 Å². The van der Waals surface area contributed by atoms with Crippen LogP contribution >= 0.6 is 11.8 Å². The normalized spacial score (nSPS) is 10.6. The summed E-state index contributed by atoms with van der Waals surface area (Å²) in [7, 11) is 1.66. The first-order valence-electron chi connectivity index (χ1n) is 7.72. The molecule has 0 aliphatic heterocycles. The number of aromatic nitrogens is 2. The average molecular weight is 340 g/mol. The van der Waals surface area contributed by atoms with Crippen LogP contribution in [0.2, 0.25) is 0 Å². The molecule has 0 saturated carbocycles. The van der Waals surface area contributed by atoms with E-state index < -0.39 is 0 Å². The summed E-state index contributed by atoms with van der Waals surface area (Å²) >= 11 is 1.55. The highest BCUT2D eigenvalue weighted by Crippen LogP contribution is 2.37. The zero-order chi connectivity index (χ0) is 17.7. The van der Waals surface area contributed by atoms with Crippen molar-refractivity contribution in [2.24, 2.45) is 0 Å². The summed E-state index contributed by atoms with van der Waals surface area (Å²) in [4.78, 5) is 9.08. The third kappa shape index (κ3) is 3.79. The second-order valence-electron chi connectivity index (χ2n) is 5.59. The van der Waals surface area contributed by atoms with Gasteiger partial charge < -0.3 is 9.30 Å². The van der Waals surface area contributed by atoms with E-state index in [4.69, 9.17) is 21.6 Å². The summed E-state index contributed by atoms with van der Waals surface area (Å²) in [5.74, 6) is 1.17. The van der Waals surface area contributed by atoms with Crippen molar-refractivity contribution in [2.75, 3.05) is 7.11 Å². The monoisotopic (exact) mass is 340 g/mol. The second kappa shape index (κ2) is 8.01. The lowest BCUT2D eigenvalue weighted by Gasteiger charge is -2.11. The Hall–Kier alpha value is -2.28. The maximum absolute atomic E-state index is 9.17. The van der Waals surface area contributed by atoms with Crippen LogP contribution in [0.5, 0.6) is 0 Å². The van der Waals surface area contributed by atoms with Crippen LogP contribution < -0.4 is 0 Å². The Bertz CT molecular complexity index is 779. The van der Waals surface area contributed by atoms with Crippen LogP contribution in [-0.4, -0.2) is 16.7 Å². The van der Waals surface area contributed by atoms with Crippen LogP contribution in [0.1, 0.15) is 43.8 Å². The molecule has 6 heteroatoms. The minimum atomic E-state index is 0.274. The number of imidazole rings is 1. The minimum Gasteiger partial charge on any atom is -0.377 e. The smallest absolute Gasteiger partial charge is 0.189 e. The summed E-state index contributed by atoms with van der Waals surface area (Å²) in [6, 6.07) is 7.35. The van der Waals surface area contributed by atoms with E-state index in [2.05, 4.69) is 36.3 Å². The molecule has 1 aromatic heterocycles. The standard InChI is InChI=1S/C18H20N4OS/c1-6-22-16(11-23-5)21-17(12(2)3)18(22)24-15-8-13(10-19)7-14(9-15)20-4/h7-9,12H,6,11H2,1-3,5H3. The van der Waals surface area contributed by atoms with Crippen LogP contribution in [0.3, 0.4) is 0 Å². The SMILES string of the molecule is [C-]#[N+]c1cc(C#N)cc(Sc2c(C(C)C)nc(COC)n2CC)c1. The van der Waals surface area contributed by atoms with E-state index in [1.807, 2.05) is 12.1 Å². The molecule has 0 radical (unpaired) electrons. The molecule has 0 saturated heterocycles. The van der Waals surface area contributed by atoms with Gasteiger partial charge in [-0.2, -0.15) is 5.26 Å². The van der Waals surface area contributed by atoms with Crippen molar-refractivity contribution in [3.05, 3.63) is 46.7 Å².